The molecule has 6 heteroatoms. The summed E-state index contributed by atoms with van der Waals surface area (Å²) >= 11 is 5.22. The van der Waals surface area contributed by atoms with Crippen LogP contribution in [0, 0.1) is 0 Å². The molecular formula is C17H27N3O2S. The monoisotopic (exact) mass is 337 g/mol. The third-order valence-electron chi connectivity index (χ3n) is 2.91. The van der Waals surface area contributed by atoms with Crippen molar-refractivity contribution < 1.29 is 9.53 Å². The van der Waals surface area contributed by atoms with Crippen molar-refractivity contribution in [3.8, 4) is 0 Å². The molecule has 0 bridgehead atoms. The average molecular weight is 337 g/mol. The summed E-state index contributed by atoms with van der Waals surface area (Å²) in [4.78, 5) is 11.5. The largest absolute Gasteiger partial charge is 0.444 e. The standard InChI is InChI=1S/C17H27N3O2S/c1-12(2)13-6-8-14(9-7-13)20-15(23)18-10-11-19-16(21)22-17(3,4)5/h6-9,12H,10-11H2,1-5H3,(H,19,21)(H2,18,20,23). The summed E-state index contributed by atoms with van der Waals surface area (Å²) in [6, 6.07) is 8.17. The first-order valence-electron chi connectivity index (χ1n) is 7.79. The molecule has 5 nitrogen and oxygen atoms in total. The number of benzene rings is 1. The third kappa shape index (κ3) is 8.40. The molecule has 0 aliphatic carbocycles. The van der Waals surface area contributed by atoms with Crippen LogP contribution in [0.1, 0.15) is 46.1 Å². The Labute approximate surface area is 144 Å². The highest BCUT2D eigenvalue weighted by molar-refractivity contribution is 7.80. The van der Waals surface area contributed by atoms with Crippen LogP contribution in [0.5, 0.6) is 0 Å². The van der Waals surface area contributed by atoms with E-state index in [1.54, 1.807) is 0 Å². The first kappa shape index (κ1) is 19.2. The lowest BCUT2D eigenvalue weighted by Crippen LogP contribution is -2.39. The molecule has 128 valence electrons. The number of thiocarbonyl (C=S) groups is 1. The Morgan fingerprint density at radius 2 is 1.70 bits per heavy atom. The number of rotatable bonds is 5. The van der Waals surface area contributed by atoms with E-state index in [-0.39, 0.29) is 0 Å². The Balaban J connectivity index is 2.25. The summed E-state index contributed by atoms with van der Waals surface area (Å²) in [5, 5.41) is 9.34. The number of nitrogens with one attached hydrogen (secondary N) is 3. The summed E-state index contributed by atoms with van der Waals surface area (Å²) in [6.07, 6.45) is -0.428. The lowest BCUT2D eigenvalue weighted by atomic mass is 10.0. The third-order valence-corrected chi connectivity index (χ3v) is 3.16. The fourth-order valence-electron chi connectivity index (χ4n) is 1.78. The van der Waals surface area contributed by atoms with Gasteiger partial charge in [-0.15, -0.1) is 0 Å². The van der Waals surface area contributed by atoms with Crippen molar-refractivity contribution >= 4 is 29.1 Å². The number of carbonyl (C=O) groups is 1. The Kier molecular flexibility index (Phi) is 7.29. The molecule has 0 aliphatic rings. The molecule has 0 aliphatic heterocycles. The van der Waals surface area contributed by atoms with Crippen molar-refractivity contribution in [2.45, 2.75) is 46.1 Å². The highest BCUT2D eigenvalue weighted by atomic mass is 32.1. The Morgan fingerprint density at radius 1 is 1.13 bits per heavy atom. The zero-order valence-corrected chi connectivity index (χ0v) is 15.3. The van der Waals surface area contributed by atoms with Gasteiger partial charge in [0.25, 0.3) is 0 Å². The number of anilines is 1. The molecule has 1 rings (SSSR count). The molecule has 3 N–H and O–H groups in total. The van der Waals surface area contributed by atoms with Crippen molar-refractivity contribution in [3.63, 3.8) is 0 Å². The molecule has 0 fully saturated rings. The van der Waals surface area contributed by atoms with E-state index in [9.17, 15) is 4.79 Å². The van der Waals surface area contributed by atoms with Gasteiger partial charge in [0.15, 0.2) is 5.11 Å². The predicted octanol–water partition coefficient (Wildman–Crippen LogP) is 3.62. The van der Waals surface area contributed by atoms with Gasteiger partial charge in [-0.05, 0) is 56.6 Å². The van der Waals surface area contributed by atoms with Crippen LogP contribution in [0.25, 0.3) is 0 Å². The molecule has 0 aromatic heterocycles. The van der Waals surface area contributed by atoms with Gasteiger partial charge in [0.1, 0.15) is 5.60 Å². The minimum absolute atomic E-state index is 0.428. The molecule has 0 saturated carbocycles. The van der Waals surface area contributed by atoms with Crippen LogP contribution in [-0.4, -0.2) is 29.9 Å². The molecule has 0 spiro atoms. The van der Waals surface area contributed by atoms with E-state index in [2.05, 4.69) is 41.9 Å². The molecule has 0 saturated heterocycles. The van der Waals surface area contributed by atoms with Gasteiger partial charge < -0.3 is 20.7 Å². The number of ether oxygens (including phenoxy) is 1. The van der Waals surface area contributed by atoms with Crippen LogP contribution >= 0.6 is 12.2 Å². The van der Waals surface area contributed by atoms with Crippen LogP contribution in [-0.2, 0) is 4.74 Å². The predicted molar refractivity (Wildman–Crippen MR) is 99.0 cm³/mol. The average Bonchev–Trinajstić information content (AvgIpc) is 2.42. The molecule has 0 heterocycles. The second kappa shape index (κ2) is 8.72. The fraction of sp³-hybridized carbons (Fsp3) is 0.529. The van der Waals surface area contributed by atoms with E-state index < -0.39 is 11.7 Å². The van der Waals surface area contributed by atoms with Crippen LogP contribution in [0.4, 0.5) is 10.5 Å². The van der Waals surface area contributed by atoms with Crippen LogP contribution in [0.2, 0.25) is 0 Å². The SMILES string of the molecule is CC(C)c1ccc(NC(=S)NCCNC(=O)OC(C)(C)C)cc1. The summed E-state index contributed by atoms with van der Waals surface area (Å²) in [5.41, 5.74) is 1.74. The van der Waals surface area contributed by atoms with Crippen LogP contribution in [0.3, 0.4) is 0 Å². The lowest BCUT2D eigenvalue weighted by molar-refractivity contribution is 0.0529. The second-order valence-electron chi connectivity index (χ2n) is 6.59. The Hall–Kier alpha value is -1.82. The van der Waals surface area contributed by atoms with Gasteiger partial charge in [0.05, 0.1) is 0 Å². The smallest absolute Gasteiger partial charge is 0.407 e. The molecular weight excluding hydrogens is 310 g/mol. The molecule has 1 aromatic carbocycles. The van der Waals surface area contributed by atoms with E-state index >= 15 is 0 Å². The van der Waals surface area contributed by atoms with Crippen molar-refractivity contribution in [1.29, 1.82) is 0 Å². The van der Waals surface area contributed by atoms with Crippen molar-refractivity contribution in [1.82, 2.24) is 10.6 Å². The van der Waals surface area contributed by atoms with E-state index in [1.807, 2.05) is 32.9 Å². The normalized spacial score (nSPS) is 11.0. The van der Waals surface area contributed by atoms with Gasteiger partial charge in [0.2, 0.25) is 0 Å². The van der Waals surface area contributed by atoms with E-state index in [4.69, 9.17) is 17.0 Å². The Bertz CT molecular complexity index is 522. The number of alkyl carbamates (subject to hydrolysis) is 1. The molecule has 1 amide bonds. The summed E-state index contributed by atoms with van der Waals surface area (Å²) in [6.45, 7) is 10.8. The van der Waals surface area contributed by atoms with Crippen LogP contribution < -0.4 is 16.0 Å². The van der Waals surface area contributed by atoms with E-state index in [0.717, 1.165) is 5.69 Å². The van der Waals surface area contributed by atoms with Gasteiger partial charge in [-0.3, -0.25) is 0 Å². The van der Waals surface area contributed by atoms with Gasteiger partial charge in [-0.25, -0.2) is 4.79 Å². The summed E-state index contributed by atoms with van der Waals surface area (Å²) < 4.78 is 5.14. The first-order chi connectivity index (χ1) is 10.7. The van der Waals surface area contributed by atoms with Gasteiger partial charge in [-0.1, -0.05) is 26.0 Å². The molecule has 0 atom stereocenters. The number of hydrogen-bond acceptors (Lipinski definition) is 3. The molecule has 0 radical (unpaired) electrons. The molecule has 23 heavy (non-hydrogen) atoms. The maximum Gasteiger partial charge on any atom is 0.407 e. The maximum atomic E-state index is 11.5. The van der Waals surface area contributed by atoms with E-state index in [1.165, 1.54) is 5.56 Å². The van der Waals surface area contributed by atoms with E-state index in [0.29, 0.717) is 24.1 Å². The first-order valence-corrected chi connectivity index (χ1v) is 8.20. The molecule has 0 unspecified atom stereocenters. The highest BCUT2D eigenvalue weighted by Crippen LogP contribution is 2.16. The van der Waals surface area contributed by atoms with Crippen molar-refractivity contribution in [3.05, 3.63) is 29.8 Å². The van der Waals surface area contributed by atoms with Crippen LogP contribution in [0.15, 0.2) is 24.3 Å². The zero-order valence-electron chi connectivity index (χ0n) is 14.5. The van der Waals surface area contributed by atoms with Crippen molar-refractivity contribution in [2.24, 2.45) is 0 Å². The van der Waals surface area contributed by atoms with Gasteiger partial charge in [-0.2, -0.15) is 0 Å². The zero-order chi connectivity index (χ0) is 17.5. The summed E-state index contributed by atoms with van der Waals surface area (Å²) in [7, 11) is 0. The van der Waals surface area contributed by atoms with Gasteiger partial charge >= 0.3 is 6.09 Å². The maximum absolute atomic E-state index is 11.5. The number of carbonyl (C=O) groups excluding carboxylic acids is 1. The van der Waals surface area contributed by atoms with Crippen molar-refractivity contribution in [2.75, 3.05) is 18.4 Å². The fourth-order valence-corrected chi connectivity index (χ4v) is 2.00. The summed E-state index contributed by atoms with van der Waals surface area (Å²) in [5.74, 6) is 0.507. The topological polar surface area (TPSA) is 62.4 Å². The number of hydrogen-bond donors (Lipinski definition) is 3. The molecule has 1 aromatic rings. The van der Waals surface area contributed by atoms with Gasteiger partial charge in [0, 0.05) is 18.8 Å². The lowest BCUT2D eigenvalue weighted by Gasteiger charge is -2.19. The number of amides is 1. The minimum Gasteiger partial charge on any atom is -0.444 e. The Morgan fingerprint density at radius 3 is 2.22 bits per heavy atom. The minimum atomic E-state index is -0.490. The highest BCUT2D eigenvalue weighted by Gasteiger charge is 2.15. The quantitative estimate of drug-likeness (QED) is 0.566. The second-order valence-corrected chi connectivity index (χ2v) is 6.99.